The molecule has 0 unspecified atom stereocenters. The normalized spacial score (nSPS) is 10.6. The van der Waals surface area contributed by atoms with Gasteiger partial charge in [0.2, 0.25) is 0 Å². The summed E-state index contributed by atoms with van der Waals surface area (Å²) in [6.07, 6.45) is 1.17. The number of carbonyl (C=O) groups is 2. The number of hydrogen-bond acceptors (Lipinski definition) is 4. The van der Waals surface area contributed by atoms with E-state index >= 15 is 0 Å². The van der Waals surface area contributed by atoms with E-state index < -0.39 is 5.78 Å². The van der Waals surface area contributed by atoms with Crippen LogP contribution in [-0.2, 0) is 9.53 Å². The van der Waals surface area contributed by atoms with Crippen molar-refractivity contribution in [2.45, 2.75) is 13.8 Å². The summed E-state index contributed by atoms with van der Waals surface area (Å²) >= 11 is 0. The lowest BCUT2D eigenvalue weighted by Gasteiger charge is -2.04. The smallest absolute Gasteiger partial charge is 0.199 e. The SMILES string of the molecule is CCO/C=C(/C(C)=O)C(=O)c1cccc(C#N)c1. The van der Waals surface area contributed by atoms with E-state index in [4.69, 9.17) is 10.00 Å². The molecule has 1 aromatic rings. The Labute approximate surface area is 105 Å². The van der Waals surface area contributed by atoms with Crippen molar-refractivity contribution in [1.82, 2.24) is 0 Å². The van der Waals surface area contributed by atoms with E-state index in [1.54, 1.807) is 25.1 Å². The number of rotatable bonds is 5. The van der Waals surface area contributed by atoms with Crippen molar-refractivity contribution in [2.75, 3.05) is 6.61 Å². The van der Waals surface area contributed by atoms with Gasteiger partial charge in [-0.25, -0.2) is 0 Å². The number of hydrogen-bond donors (Lipinski definition) is 0. The second-order valence-corrected chi connectivity index (χ2v) is 3.56. The van der Waals surface area contributed by atoms with Crippen LogP contribution in [0.4, 0.5) is 0 Å². The molecule has 0 aliphatic rings. The van der Waals surface area contributed by atoms with Crippen LogP contribution in [-0.4, -0.2) is 18.2 Å². The Kier molecular flexibility index (Phi) is 4.82. The number of carbonyl (C=O) groups excluding carboxylic acids is 2. The van der Waals surface area contributed by atoms with E-state index in [2.05, 4.69) is 0 Å². The molecule has 0 N–H and O–H groups in total. The fourth-order valence-electron chi connectivity index (χ4n) is 1.35. The average molecular weight is 243 g/mol. The van der Waals surface area contributed by atoms with Gasteiger partial charge in [-0.2, -0.15) is 5.26 Å². The zero-order valence-corrected chi connectivity index (χ0v) is 10.3. The third kappa shape index (κ3) is 3.29. The summed E-state index contributed by atoms with van der Waals surface area (Å²) in [6.45, 7) is 3.44. The maximum Gasteiger partial charge on any atom is 0.199 e. The molecule has 0 heterocycles. The van der Waals surface area contributed by atoms with E-state index in [-0.39, 0.29) is 11.4 Å². The van der Waals surface area contributed by atoms with E-state index in [1.165, 1.54) is 19.3 Å². The molecular formula is C14H13NO3. The van der Waals surface area contributed by atoms with E-state index in [0.29, 0.717) is 17.7 Å². The van der Waals surface area contributed by atoms with Gasteiger partial charge in [0.05, 0.1) is 30.1 Å². The van der Waals surface area contributed by atoms with Crippen LogP contribution in [0, 0.1) is 11.3 Å². The van der Waals surface area contributed by atoms with Gasteiger partial charge in [0.15, 0.2) is 11.6 Å². The zero-order chi connectivity index (χ0) is 13.5. The highest BCUT2D eigenvalue weighted by atomic mass is 16.5. The van der Waals surface area contributed by atoms with Crippen molar-refractivity contribution >= 4 is 11.6 Å². The molecular weight excluding hydrogens is 230 g/mol. The number of ketones is 2. The van der Waals surface area contributed by atoms with Crippen LogP contribution < -0.4 is 0 Å². The minimum Gasteiger partial charge on any atom is -0.501 e. The van der Waals surface area contributed by atoms with Crippen molar-refractivity contribution in [3.63, 3.8) is 0 Å². The highest BCUT2D eigenvalue weighted by Gasteiger charge is 2.17. The summed E-state index contributed by atoms with van der Waals surface area (Å²) in [6, 6.07) is 8.15. The highest BCUT2D eigenvalue weighted by Crippen LogP contribution is 2.11. The number of nitriles is 1. The summed E-state index contributed by atoms with van der Waals surface area (Å²) in [5, 5.41) is 8.77. The van der Waals surface area contributed by atoms with Gasteiger partial charge in [0, 0.05) is 5.56 Å². The molecule has 0 aromatic heterocycles. The lowest BCUT2D eigenvalue weighted by atomic mass is 10.0. The van der Waals surface area contributed by atoms with Gasteiger partial charge >= 0.3 is 0 Å². The van der Waals surface area contributed by atoms with Crippen LogP contribution in [0.2, 0.25) is 0 Å². The summed E-state index contributed by atoms with van der Waals surface area (Å²) in [5.74, 6) is -0.802. The fraction of sp³-hybridized carbons (Fsp3) is 0.214. The second kappa shape index (κ2) is 6.36. The molecule has 0 radical (unpaired) electrons. The Hall–Kier alpha value is -2.41. The first-order valence-corrected chi connectivity index (χ1v) is 5.47. The minimum absolute atomic E-state index is 0.0214. The summed E-state index contributed by atoms with van der Waals surface area (Å²) in [7, 11) is 0. The lowest BCUT2D eigenvalue weighted by Crippen LogP contribution is -2.11. The van der Waals surface area contributed by atoms with Crippen molar-refractivity contribution < 1.29 is 14.3 Å². The number of nitrogens with zero attached hydrogens (tertiary/aromatic N) is 1. The van der Waals surface area contributed by atoms with Crippen LogP contribution in [0.5, 0.6) is 0 Å². The van der Waals surface area contributed by atoms with Gasteiger partial charge < -0.3 is 4.74 Å². The van der Waals surface area contributed by atoms with E-state index in [1.807, 2.05) is 6.07 Å². The third-order valence-electron chi connectivity index (χ3n) is 2.25. The minimum atomic E-state index is -0.437. The number of Topliss-reactive ketones (excluding diaryl/α,β-unsaturated/α-hetero) is 2. The number of allylic oxidation sites excluding steroid dienone is 1. The fourth-order valence-corrected chi connectivity index (χ4v) is 1.35. The molecule has 0 saturated carbocycles. The van der Waals surface area contributed by atoms with Crippen LogP contribution in [0.1, 0.15) is 29.8 Å². The van der Waals surface area contributed by atoms with Gasteiger partial charge in [-0.1, -0.05) is 12.1 Å². The predicted molar refractivity (Wildman–Crippen MR) is 65.9 cm³/mol. The van der Waals surface area contributed by atoms with Crippen LogP contribution in [0.3, 0.4) is 0 Å². The quantitative estimate of drug-likeness (QED) is 0.261. The Morgan fingerprint density at radius 3 is 2.72 bits per heavy atom. The molecule has 0 saturated heterocycles. The molecule has 0 aliphatic carbocycles. The molecule has 0 fully saturated rings. The largest absolute Gasteiger partial charge is 0.501 e. The maximum atomic E-state index is 12.1. The predicted octanol–water partition coefficient (Wildman–Crippen LogP) is 2.25. The van der Waals surface area contributed by atoms with Gasteiger partial charge in [0.1, 0.15) is 0 Å². The first kappa shape index (κ1) is 13.7. The Bertz CT molecular complexity index is 538. The van der Waals surface area contributed by atoms with Gasteiger partial charge in [-0.3, -0.25) is 9.59 Å². The van der Waals surface area contributed by atoms with E-state index in [9.17, 15) is 9.59 Å². The Morgan fingerprint density at radius 1 is 1.44 bits per heavy atom. The molecule has 1 rings (SSSR count). The van der Waals surface area contributed by atoms with Gasteiger partial charge in [0.25, 0.3) is 0 Å². The average Bonchev–Trinajstić information content (AvgIpc) is 2.38. The van der Waals surface area contributed by atoms with Crippen LogP contribution in [0.15, 0.2) is 36.1 Å². The molecule has 0 amide bonds. The van der Waals surface area contributed by atoms with Crippen molar-refractivity contribution in [3.8, 4) is 6.07 Å². The highest BCUT2D eigenvalue weighted by molar-refractivity contribution is 6.25. The summed E-state index contributed by atoms with van der Waals surface area (Å²) in [5.41, 5.74) is 0.655. The standard InChI is InChI=1S/C14H13NO3/c1-3-18-9-13(10(2)16)14(17)12-6-4-5-11(7-12)8-15/h4-7,9H,3H2,1-2H3/b13-9-. The third-order valence-corrected chi connectivity index (χ3v) is 2.25. The number of ether oxygens (including phenoxy) is 1. The molecule has 4 heteroatoms. The van der Waals surface area contributed by atoms with Crippen molar-refractivity contribution in [2.24, 2.45) is 0 Å². The Balaban J connectivity index is 3.10. The Morgan fingerprint density at radius 2 is 2.17 bits per heavy atom. The molecule has 1 aromatic carbocycles. The molecule has 0 spiro atoms. The molecule has 0 atom stereocenters. The monoisotopic (exact) mass is 243 g/mol. The van der Waals surface area contributed by atoms with E-state index in [0.717, 1.165) is 0 Å². The van der Waals surface area contributed by atoms with Gasteiger partial charge in [-0.15, -0.1) is 0 Å². The molecule has 0 aliphatic heterocycles. The van der Waals surface area contributed by atoms with Crippen LogP contribution in [0.25, 0.3) is 0 Å². The first-order valence-electron chi connectivity index (χ1n) is 5.47. The zero-order valence-electron chi connectivity index (χ0n) is 10.3. The summed E-state index contributed by atoms with van der Waals surface area (Å²) < 4.78 is 4.99. The molecule has 0 bridgehead atoms. The topological polar surface area (TPSA) is 67.2 Å². The summed E-state index contributed by atoms with van der Waals surface area (Å²) in [4.78, 5) is 23.5. The molecule has 92 valence electrons. The van der Waals surface area contributed by atoms with Gasteiger partial charge in [-0.05, 0) is 26.0 Å². The number of benzene rings is 1. The lowest BCUT2D eigenvalue weighted by molar-refractivity contribution is -0.113. The van der Waals surface area contributed by atoms with Crippen LogP contribution >= 0.6 is 0 Å². The van der Waals surface area contributed by atoms with Crippen molar-refractivity contribution in [1.29, 1.82) is 5.26 Å². The molecule has 4 nitrogen and oxygen atoms in total. The molecule has 18 heavy (non-hydrogen) atoms. The van der Waals surface area contributed by atoms with Crippen molar-refractivity contribution in [3.05, 3.63) is 47.2 Å². The maximum absolute atomic E-state index is 12.1. The first-order chi connectivity index (χ1) is 8.60. The second-order valence-electron chi connectivity index (χ2n) is 3.56.